The van der Waals surface area contributed by atoms with Crippen LogP contribution in [0.25, 0.3) is 0 Å². The quantitative estimate of drug-likeness (QED) is 0.775. The second kappa shape index (κ2) is 6.39. The molecule has 1 aromatic carbocycles. The zero-order chi connectivity index (χ0) is 15.3. The van der Waals surface area contributed by atoms with E-state index in [1.165, 1.54) is 0 Å². The molecule has 2 nitrogen and oxygen atoms in total. The van der Waals surface area contributed by atoms with E-state index in [9.17, 15) is 10.5 Å². The summed E-state index contributed by atoms with van der Waals surface area (Å²) in [6.45, 7) is 13.6. The van der Waals surface area contributed by atoms with Crippen LogP contribution in [0.3, 0.4) is 0 Å². The van der Waals surface area contributed by atoms with Gasteiger partial charge in [0.2, 0.25) is 0 Å². The van der Waals surface area contributed by atoms with Gasteiger partial charge in [0.1, 0.15) is 0 Å². The summed E-state index contributed by atoms with van der Waals surface area (Å²) in [7, 11) is 0. The second-order valence-electron chi connectivity index (χ2n) is 5.56. The van der Waals surface area contributed by atoms with Crippen molar-refractivity contribution in [2.24, 2.45) is 0 Å². The molecule has 1 aromatic rings. The smallest absolute Gasteiger partial charge is 0.0766 e. The zero-order valence-electron chi connectivity index (χ0n) is 13.1. The molecular formula is C17H24N2. The Balaban J connectivity index is 0.00000154. The van der Waals surface area contributed by atoms with Crippen LogP contribution in [0, 0.1) is 29.6 Å². The van der Waals surface area contributed by atoms with Crippen molar-refractivity contribution in [3.8, 4) is 12.1 Å². The van der Waals surface area contributed by atoms with Crippen molar-refractivity contribution < 1.29 is 0 Å². The Morgan fingerprint density at radius 2 is 1.11 bits per heavy atom. The molecule has 0 aliphatic heterocycles. The van der Waals surface area contributed by atoms with E-state index < -0.39 is 10.8 Å². The van der Waals surface area contributed by atoms with Gasteiger partial charge in [0, 0.05) is 0 Å². The Morgan fingerprint density at radius 3 is 1.37 bits per heavy atom. The standard InChI is InChI=1S/C15H18N2.C2H6/c1-11-6-12(14(2,3)9-16)8-13(7-11)15(4,5)10-17;1-2/h6-8H,1-5H3;1-2H3. The third-order valence-corrected chi connectivity index (χ3v) is 3.08. The number of rotatable bonds is 2. The molecule has 0 saturated heterocycles. The molecule has 0 aliphatic rings. The summed E-state index contributed by atoms with van der Waals surface area (Å²) in [6, 6.07) is 10.6. The summed E-state index contributed by atoms with van der Waals surface area (Å²) < 4.78 is 0. The first-order chi connectivity index (χ1) is 8.73. The maximum absolute atomic E-state index is 9.17. The molecule has 0 spiro atoms. The van der Waals surface area contributed by atoms with Crippen LogP contribution in [-0.2, 0) is 10.8 Å². The molecule has 0 saturated carbocycles. The lowest BCUT2D eigenvalue weighted by Crippen LogP contribution is -2.19. The van der Waals surface area contributed by atoms with Crippen LogP contribution in [0.5, 0.6) is 0 Å². The van der Waals surface area contributed by atoms with Gasteiger partial charge >= 0.3 is 0 Å². The van der Waals surface area contributed by atoms with E-state index in [1.807, 2.05) is 66.7 Å². The first kappa shape index (κ1) is 17.2. The van der Waals surface area contributed by atoms with Crippen molar-refractivity contribution in [1.82, 2.24) is 0 Å². The average molecular weight is 256 g/mol. The lowest BCUT2D eigenvalue weighted by molar-refractivity contribution is 0.660. The minimum atomic E-state index is -0.522. The topological polar surface area (TPSA) is 47.6 Å². The second-order valence-corrected chi connectivity index (χ2v) is 5.56. The van der Waals surface area contributed by atoms with Crippen LogP contribution in [-0.4, -0.2) is 0 Å². The predicted molar refractivity (Wildman–Crippen MR) is 79.8 cm³/mol. The highest BCUT2D eigenvalue weighted by Gasteiger charge is 2.25. The lowest BCUT2D eigenvalue weighted by Gasteiger charge is -2.22. The molecule has 0 aliphatic carbocycles. The molecule has 0 fully saturated rings. The molecule has 102 valence electrons. The highest BCUT2D eigenvalue weighted by Crippen LogP contribution is 2.29. The van der Waals surface area contributed by atoms with E-state index in [4.69, 9.17) is 0 Å². The molecule has 2 heteroatoms. The lowest BCUT2D eigenvalue weighted by atomic mass is 9.79. The van der Waals surface area contributed by atoms with Gasteiger partial charge in [-0.25, -0.2) is 0 Å². The van der Waals surface area contributed by atoms with E-state index in [1.54, 1.807) is 0 Å². The Bertz CT molecular complexity index is 467. The monoisotopic (exact) mass is 256 g/mol. The van der Waals surface area contributed by atoms with Crippen LogP contribution < -0.4 is 0 Å². The fourth-order valence-corrected chi connectivity index (χ4v) is 1.63. The van der Waals surface area contributed by atoms with Gasteiger partial charge in [0.05, 0.1) is 23.0 Å². The molecule has 0 aromatic heterocycles. The molecule has 1 rings (SSSR count). The summed E-state index contributed by atoms with van der Waals surface area (Å²) in [4.78, 5) is 0. The van der Waals surface area contributed by atoms with Gasteiger partial charge in [0.25, 0.3) is 0 Å². The first-order valence-electron chi connectivity index (χ1n) is 6.68. The number of hydrogen-bond acceptors (Lipinski definition) is 2. The predicted octanol–water partition coefficient (Wildman–Crippen LogP) is 4.62. The van der Waals surface area contributed by atoms with Gasteiger partial charge < -0.3 is 0 Å². The van der Waals surface area contributed by atoms with Gasteiger partial charge in [-0.2, -0.15) is 10.5 Å². The molecule has 0 radical (unpaired) electrons. The number of aryl methyl sites for hydroxylation is 1. The molecule has 0 unspecified atom stereocenters. The number of hydrogen-bond donors (Lipinski definition) is 0. The molecule has 19 heavy (non-hydrogen) atoms. The summed E-state index contributed by atoms with van der Waals surface area (Å²) in [6.07, 6.45) is 0. The Labute approximate surface area is 117 Å². The number of nitriles is 2. The van der Waals surface area contributed by atoms with Gasteiger partial charge in [-0.1, -0.05) is 37.6 Å². The van der Waals surface area contributed by atoms with E-state index in [0.29, 0.717) is 0 Å². The van der Waals surface area contributed by atoms with Crippen molar-refractivity contribution in [2.75, 3.05) is 0 Å². The molecule has 0 amide bonds. The third kappa shape index (κ3) is 4.11. The van der Waals surface area contributed by atoms with Crippen molar-refractivity contribution in [3.63, 3.8) is 0 Å². The summed E-state index contributed by atoms with van der Waals surface area (Å²) in [5.41, 5.74) is 1.99. The maximum Gasteiger partial charge on any atom is 0.0766 e. The van der Waals surface area contributed by atoms with Crippen LogP contribution in [0.2, 0.25) is 0 Å². The van der Waals surface area contributed by atoms with Gasteiger partial charge in [-0.15, -0.1) is 0 Å². The van der Waals surface area contributed by atoms with Crippen LogP contribution in [0.15, 0.2) is 18.2 Å². The van der Waals surface area contributed by atoms with Gasteiger partial charge in [0.15, 0.2) is 0 Å². The van der Waals surface area contributed by atoms with E-state index in [2.05, 4.69) is 12.1 Å². The molecule has 0 heterocycles. The Kier molecular flexibility index (Phi) is 5.79. The third-order valence-electron chi connectivity index (χ3n) is 3.08. The van der Waals surface area contributed by atoms with Gasteiger partial charge in [-0.3, -0.25) is 0 Å². The molecule has 0 N–H and O–H groups in total. The fraction of sp³-hybridized carbons (Fsp3) is 0.529. The van der Waals surface area contributed by atoms with E-state index >= 15 is 0 Å². The minimum absolute atomic E-state index is 0.522. The van der Waals surface area contributed by atoms with Crippen LogP contribution >= 0.6 is 0 Å². The summed E-state index contributed by atoms with van der Waals surface area (Å²) >= 11 is 0. The maximum atomic E-state index is 9.17. The minimum Gasteiger partial charge on any atom is -0.197 e. The summed E-state index contributed by atoms with van der Waals surface area (Å²) in [5, 5.41) is 18.3. The highest BCUT2D eigenvalue weighted by atomic mass is 14.4. The molecule has 0 bridgehead atoms. The first-order valence-corrected chi connectivity index (χ1v) is 6.68. The Hall–Kier alpha value is -1.80. The van der Waals surface area contributed by atoms with Crippen LogP contribution in [0.1, 0.15) is 58.2 Å². The Morgan fingerprint density at radius 1 is 0.789 bits per heavy atom. The highest BCUT2D eigenvalue weighted by molar-refractivity contribution is 5.42. The van der Waals surface area contributed by atoms with E-state index in [0.717, 1.165) is 16.7 Å². The van der Waals surface area contributed by atoms with Gasteiger partial charge in [-0.05, 0) is 45.7 Å². The summed E-state index contributed by atoms with van der Waals surface area (Å²) in [5.74, 6) is 0. The normalized spacial score (nSPS) is 10.8. The van der Waals surface area contributed by atoms with Crippen molar-refractivity contribution in [1.29, 1.82) is 10.5 Å². The number of benzene rings is 1. The average Bonchev–Trinajstić information content (AvgIpc) is 2.40. The number of nitrogens with zero attached hydrogens (tertiary/aromatic N) is 2. The van der Waals surface area contributed by atoms with E-state index in [-0.39, 0.29) is 0 Å². The van der Waals surface area contributed by atoms with Crippen molar-refractivity contribution >= 4 is 0 Å². The zero-order valence-corrected chi connectivity index (χ0v) is 13.1. The molecular weight excluding hydrogens is 232 g/mol. The van der Waals surface area contributed by atoms with Crippen LogP contribution in [0.4, 0.5) is 0 Å². The largest absolute Gasteiger partial charge is 0.197 e. The van der Waals surface area contributed by atoms with Crippen molar-refractivity contribution in [3.05, 3.63) is 34.9 Å². The fourth-order valence-electron chi connectivity index (χ4n) is 1.63. The van der Waals surface area contributed by atoms with Crippen molar-refractivity contribution in [2.45, 2.75) is 59.3 Å². The molecule has 0 atom stereocenters. The SMILES string of the molecule is CC.Cc1cc(C(C)(C)C#N)cc(C(C)(C)C#N)c1.